The number of nitrogens with zero attached hydrogens (tertiary/aromatic N) is 1. The fourth-order valence-corrected chi connectivity index (χ4v) is 1.50. The van der Waals surface area contributed by atoms with Crippen molar-refractivity contribution in [1.82, 2.24) is 19.5 Å². The summed E-state index contributed by atoms with van der Waals surface area (Å²) in [5, 5.41) is 9.56. The zero-order chi connectivity index (χ0) is 22.8. The Morgan fingerprint density at radius 1 is 1.06 bits per heavy atom. The fourth-order valence-electron chi connectivity index (χ4n) is 1.50. The van der Waals surface area contributed by atoms with Crippen LogP contribution in [0.3, 0.4) is 0 Å². The molecule has 2 aromatic heterocycles. The van der Waals surface area contributed by atoms with Crippen molar-refractivity contribution in [3.63, 3.8) is 0 Å². The largest absolute Gasteiger partial charge is 1.00 e. The Hall–Kier alpha value is 0.543. The molecule has 2 heterocycles. The van der Waals surface area contributed by atoms with Crippen molar-refractivity contribution in [2.75, 3.05) is 5.33 Å². The molecule has 0 bridgehead atoms. The molecule has 0 spiro atoms. The van der Waals surface area contributed by atoms with Crippen LogP contribution in [-0.4, -0.2) is 31.3 Å². The van der Waals surface area contributed by atoms with E-state index in [4.69, 9.17) is 10.1 Å². The van der Waals surface area contributed by atoms with E-state index in [1.165, 1.54) is 17.2 Å². The van der Waals surface area contributed by atoms with Gasteiger partial charge < -0.3 is 21.1 Å². The monoisotopic (exact) mass is 556 g/mol. The number of aromatic nitrogens is 4. The van der Waals surface area contributed by atoms with Gasteiger partial charge in [-0.25, -0.2) is 9.59 Å². The van der Waals surface area contributed by atoms with Crippen molar-refractivity contribution in [2.24, 2.45) is 0 Å². The van der Waals surface area contributed by atoms with Gasteiger partial charge in [-0.2, -0.15) is 0 Å². The molecule has 0 radical (unpaired) electrons. The minimum Gasteiger partial charge on any atom is -1.00 e. The third-order valence-corrected chi connectivity index (χ3v) is 3.68. The Morgan fingerprint density at radius 3 is 1.90 bits per heavy atom. The predicted octanol–water partition coefficient (Wildman–Crippen LogP) is -6.03. The fraction of sp³-hybridized carbons (Fsp3) is 0.471. The molecule has 0 aromatic carbocycles. The molecule has 11 nitrogen and oxygen atoms in total. The van der Waals surface area contributed by atoms with E-state index in [1.807, 2.05) is 6.92 Å². The molecule has 2 aromatic rings. The summed E-state index contributed by atoms with van der Waals surface area (Å²) in [7, 11) is 0. The van der Waals surface area contributed by atoms with Crippen LogP contribution in [0.2, 0.25) is 0 Å². The first kappa shape index (κ1) is 38.8. The second-order valence-electron chi connectivity index (χ2n) is 5.40. The molecule has 0 saturated carbocycles. The molecule has 0 aliphatic carbocycles. The van der Waals surface area contributed by atoms with E-state index in [2.05, 4.69) is 42.7 Å². The number of aryl methyl sites for hydroxylation is 3. The Balaban J connectivity index is -0.000000109. The molecule has 166 valence electrons. The Bertz CT molecular complexity index is 946. The van der Waals surface area contributed by atoms with Crippen molar-refractivity contribution >= 4 is 22.4 Å². The number of H-pyrrole nitrogens is 3. The van der Waals surface area contributed by atoms with Crippen LogP contribution in [0.5, 0.6) is 0 Å². The van der Waals surface area contributed by atoms with E-state index >= 15 is 0 Å². The summed E-state index contributed by atoms with van der Waals surface area (Å²) in [4.78, 5) is 60.8. The number of hydrogen-bond acceptors (Lipinski definition) is 7. The normalized spacial score (nSPS) is 8.32. The number of hydrogen-bond donors (Lipinski definition) is 3. The number of halogens is 1. The van der Waals surface area contributed by atoms with E-state index in [1.54, 1.807) is 20.0 Å². The van der Waals surface area contributed by atoms with Crippen LogP contribution >= 0.6 is 15.9 Å². The molecular weight excluding hydrogens is 530 g/mol. The smallest absolute Gasteiger partial charge is 1.00 e. The van der Waals surface area contributed by atoms with Crippen molar-refractivity contribution in [2.45, 2.75) is 47.1 Å². The topological polar surface area (TPSA) is 170 Å². The minimum atomic E-state index is -0.467. The zero-order valence-corrected chi connectivity index (χ0v) is 26.6. The summed E-state index contributed by atoms with van der Waals surface area (Å²) in [5.41, 5.74) is -0.346. The third-order valence-electron chi connectivity index (χ3n) is 2.89. The molecule has 0 saturated heterocycles. The molecule has 14 heteroatoms. The van der Waals surface area contributed by atoms with Crippen LogP contribution in [-0.2, 0) is 16.2 Å². The average molecular weight is 558 g/mol. The molecule has 0 amide bonds. The van der Waals surface area contributed by atoms with E-state index in [-0.39, 0.29) is 127 Å². The van der Waals surface area contributed by atoms with Gasteiger partial charge in [0.25, 0.3) is 17.6 Å². The van der Waals surface area contributed by atoms with Crippen LogP contribution in [0.1, 0.15) is 39.2 Å². The molecule has 0 fully saturated rings. The average Bonchev–Trinajstić information content (AvgIpc) is 2.70. The SMILES string of the molecule is CCCBr.CCCn1cc(C)c(=O)[nH]c1=O.Cc1c[nH]c(=O)[nH]c1=O.O=CO[O-].[H-].[K+].[K+]. The Labute approximate surface area is 274 Å². The van der Waals surface area contributed by atoms with Gasteiger partial charge in [-0.3, -0.25) is 24.4 Å². The first-order valence-electron chi connectivity index (χ1n) is 8.55. The standard InChI is InChI=1S/C8H12N2O2.C5H6N2O2.C3H7Br.CH2O3.2K.H/c1-3-4-10-5-6(2)7(11)9-8(10)12;1-3-2-6-5(9)7-4(3)8;1-2-3-4;2-1-4-3;;;/h5H,3-4H2,1-2H3,(H,9,11,12);2H,1H3,(H2,6,7,8,9);2-3H2,1H3;1,3H;;;/q;;;;2*+1;-1/p-1. The predicted molar refractivity (Wildman–Crippen MR) is 111 cm³/mol. The first-order valence-corrected chi connectivity index (χ1v) is 9.67. The summed E-state index contributed by atoms with van der Waals surface area (Å²) in [6.07, 6.45) is 5.08. The summed E-state index contributed by atoms with van der Waals surface area (Å²) < 4.78 is 1.51. The zero-order valence-electron chi connectivity index (χ0n) is 19.7. The van der Waals surface area contributed by atoms with Crippen LogP contribution in [0, 0.1) is 13.8 Å². The Morgan fingerprint density at radius 2 is 1.55 bits per heavy atom. The molecular formula is C17H27BrK2N4O7. The molecule has 0 aliphatic rings. The van der Waals surface area contributed by atoms with Crippen LogP contribution in [0.25, 0.3) is 0 Å². The van der Waals surface area contributed by atoms with Gasteiger partial charge in [-0.1, -0.05) is 29.8 Å². The summed E-state index contributed by atoms with van der Waals surface area (Å²) in [5.74, 6) is 0. The molecule has 0 unspecified atom stereocenters. The summed E-state index contributed by atoms with van der Waals surface area (Å²) in [6.45, 7) is 7.89. The van der Waals surface area contributed by atoms with Gasteiger partial charge in [0.05, 0.1) is 0 Å². The van der Waals surface area contributed by atoms with Crippen molar-refractivity contribution < 1.29 is 119 Å². The van der Waals surface area contributed by atoms with Gasteiger partial charge in [-0.05, 0) is 26.7 Å². The van der Waals surface area contributed by atoms with Crippen LogP contribution in [0.4, 0.5) is 0 Å². The third kappa shape index (κ3) is 20.9. The van der Waals surface area contributed by atoms with E-state index < -0.39 is 5.69 Å². The van der Waals surface area contributed by atoms with Gasteiger partial charge in [0.2, 0.25) is 0 Å². The quantitative estimate of drug-likeness (QED) is 0.110. The molecule has 31 heavy (non-hydrogen) atoms. The van der Waals surface area contributed by atoms with Crippen LogP contribution in [0.15, 0.2) is 31.6 Å². The second-order valence-corrected chi connectivity index (χ2v) is 6.19. The van der Waals surface area contributed by atoms with Gasteiger partial charge >= 0.3 is 114 Å². The number of carbonyl (C=O) groups is 1. The molecule has 0 atom stereocenters. The number of aromatic amines is 3. The van der Waals surface area contributed by atoms with E-state index in [0.717, 1.165) is 11.8 Å². The first-order chi connectivity index (χ1) is 13.7. The second kappa shape index (κ2) is 25.2. The Kier molecular flexibility index (Phi) is 31.5. The summed E-state index contributed by atoms with van der Waals surface area (Å²) in [6, 6.07) is 0. The molecule has 0 aliphatic heterocycles. The number of carbonyl (C=O) groups excluding carboxylic acids is 1. The molecule has 3 N–H and O–H groups in total. The number of alkyl halides is 1. The van der Waals surface area contributed by atoms with Crippen LogP contribution < -0.4 is 131 Å². The van der Waals surface area contributed by atoms with Crippen molar-refractivity contribution in [3.05, 3.63) is 65.2 Å². The van der Waals surface area contributed by atoms with Gasteiger partial charge in [0.15, 0.2) is 0 Å². The summed E-state index contributed by atoms with van der Waals surface area (Å²) >= 11 is 3.25. The van der Waals surface area contributed by atoms with Gasteiger partial charge in [0.1, 0.15) is 0 Å². The molecule has 2 rings (SSSR count). The van der Waals surface area contributed by atoms with E-state index in [9.17, 15) is 19.2 Å². The van der Waals surface area contributed by atoms with Gasteiger partial charge in [-0.15, -0.1) is 0 Å². The number of rotatable bonds is 4. The van der Waals surface area contributed by atoms with E-state index in [0.29, 0.717) is 17.7 Å². The number of nitrogens with one attached hydrogen (secondary N) is 3. The maximum absolute atomic E-state index is 11.1. The van der Waals surface area contributed by atoms with Gasteiger partial charge in [0, 0.05) is 35.4 Å². The maximum Gasteiger partial charge on any atom is 1.00 e. The van der Waals surface area contributed by atoms with Crippen molar-refractivity contribution in [1.29, 1.82) is 0 Å². The van der Waals surface area contributed by atoms with Crippen molar-refractivity contribution in [3.8, 4) is 0 Å². The minimum absolute atomic E-state index is 0. The maximum atomic E-state index is 11.1.